The zero-order valence-corrected chi connectivity index (χ0v) is 19.9. The van der Waals surface area contributed by atoms with Crippen LogP contribution in [0.25, 0.3) is 16.7 Å². The Balaban J connectivity index is 2.14. The first-order valence-electron chi connectivity index (χ1n) is 11.3. The highest BCUT2D eigenvalue weighted by atomic mass is 16.6. The standard InChI is InChI=1S/C25H23N5O6/c1-4-36-25(33)18-13-17-21(26-20-11-7-8-12-28(20)24(17)32)29(14-15(2)3)22(18)27-23(31)16-9-5-6-10-19(16)30(34)35/h5-13,15H,4,14H2,1-3H3. The van der Waals surface area contributed by atoms with Crippen LogP contribution in [0.1, 0.15) is 41.5 Å². The number of aromatic nitrogens is 3. The van der Waals surface area contributed by atoms with E-state index in [-0.39, 0.29) is 46.7 Å². The van der Waals surface area contributed by atoms with E-state index in [2.05, 4.69) is 9.98 Å². The van der Waals surface area contributed by atoms with Crippen molar-refractivity contribution >= 4 is 34.2 Å². The Morgan fingerprint density at radius 1 is 1.14 bits per heavy atom. The lowest BCUT2D eigenvalue weighted by Gasteiger charge is -2.16. The van der Waals surface area contributed by atoms with Gasteiger partial charge in [0.2, 0.25) is 0 Å². The maximum atomic E-state index is 13.3. The van der Waals surface area contributed by atoms with Gasteiger partial charge >= 0.3 is 5.97 Å². The summed E-state index contributed by atoms with van der Waals surface area (Å²) in [4.78, 5) is 59.1. The molecule has 0 fully saturated rings. The van der Waals surface area contributed by atoms with Crippen molar-refractivity contribution in [3.05, 3.63) is 91.8 Å². The molecule has 3 heterocycles. The third-order valence-corrected chi connectivity index (χ3v) is 5.37. The highest BCUT2D eigenvalue weighted by Gasteiger charge is 2.23. The molecule has 184 valence electrons. The molecule has 0 spiro atoms. The van der Waals surface area contributed by atoms with Crippen LogP contribution < -0.4 is 11.0 Å². The summed E-state index contributed by atoms with van der Waals surface area (Å²) in [7, 11) is 0. The second-order valence-electron chi connectivity index (χ2n) is 8.38. The third kappa shape index (κ3) is 4.50. The molecular weight excluding hydrogens is 466 g/mol. The minimum absolute atomic E-state index is 0.00165. The number of fused-ring (bicyclic) bond motifs is 2. The Hall–Kier alpha value is -4.67. The van der Waals surface area contributed by atoms with Gasteiger partial charge in [0.15, 0.2) is 5.49 Å². The molecule has 0 saturated heterocycles. The molecule has 0 N–H and O–H groups in total. The van der Waals surface area contributed by atoms with Gasteiger partial charge in [-0.1, -0.05) is 32.0 Å². The first-order chi connectivity index (χ1) is 17.2. The molecule has 0 aliphatic carbocycles. The number of pyridine rings is 2. The lowest BCUT2D eigenvalue weighted by atomic mass is 10.1. The molecule has 3 aromatic heterocycles. The monoisotopic (exact) mass is 489 g/mol. The van der Waals surface area contributed by atoms with Gasteiger partial charge in [0.25, 0.3) is 17.2 Å². The molecule has 11 heteroatoms. The van der Waals surface area contributed by atoms with Crippen LogP contribution in [0.15, 0.2) is 64.5 Å². The maximum Gasteiger partial charge on any atom is 0.341 e. The van der Waals surface area contributed by atoms with E-state index >= 15 is 0 Å². The van der Waals surface area contributed by atoms with Crippen molar-refractivity contribution in [2.75, 3.05) is 6.61 Å². The number of nitro benzene ring substituents is 1. The van der Waals surface area contributed by atoms with Gasteiger partial charge in [0.1, 0.15) is 22.4 Å². The van der Waals surface area contributed by atoms with Gasteiger partial charge in [-0.15, -0.1) is 0 Å². The number of amides is 1. The summed E-state index contributed by atoms with van der Waals surface area (Å²) >= 11 is 0. The SMILES string of the molecule is CCOC(=O)c1cc2c(=O)n3ccccc3nc2n(CC(C)C)c1=NC(=O)c1ccccc1[N+](=O)[O-]. The normalized spacial score (nSPS) is 11.8. The van der Waals surface area contributed by atoms with Crippen LogP contribution in [0.3, 0.4) is 0 Å². The summed E-state index contributed by atoms with van der Waals surface area (Å²) in [6.45, 7) is 5.75. The fraction of sp³-hybridized carbons (Fsp3) is 0.240. The molecule has 0 bridgehead atoms. The van der Waals surface area contributed by atoms with Crippen LogP contribution in [0, 0.1) is 16.0 Å². The highest BCUT2D eigenvalue weighted by Crippen LogP contribution is 2.19. The van der Waals surface area contributed by atoms with E-state index in [1.165, 1.54) is 39.3 Å². The molecule has 36 heavy (non-hydrogen) atoms. The Kier molecular flexibility index (Phi) is 6.73. The largest absolute Gasteiger partial charge is 0.462 e. The van der Waals surface area contributed by atoms with E-state index in [9.17, 15) is 24.5 Å². The zero-order valence-electron chi connectivity index (χ0n) is 19.9. The van der Waals surface area contributed by atoms with Gasteiger partial charge in [-0.3, -0.25) is 24.1 Å². The average Bonchev–Trinajstić information content (AvgIpc) is 2.85. The molecule has 0 radical (unpaired) electrons. The first kappa shape index (κ1) is 24.5. The zero-order chi connectivity index (χ0) is 26.0. The Morgan fingerprint density at radius 3 is 2.56 bits per heavy atom. The molecule has 0 aliphatic rings. The number of nitrogens with zero attached hydrogens (tertiary/aromatic N) is 5. The fourth-order valence-corrected chi connectivity index (χ4v) is 3.87. The predicted molar refractivity (Wildman–Crippen MR) is 131 cm³/mol. The second-order valence-corrected chi connectivity index (χ2v) is 8.38. The van der Waals surface area contributed by atoms with Gasteiger partial charge in [-0.25, -0.2) is 9.78 Å². The van der Waals surface area contributed by atoms with Crippen molar-refractivity contribution in [1.82, 2.24) is 14.0 Å². The summed E-state index contributed by atoms with van der Waals surface area (Å²) in [5.74, 6) is -1.70. The molecule has 4 rings (SSSR count). The minimum Gasteiger partial charge on any atom is -0.462 e. The maximum absolute atomic E-state index is 13.3. The van der Waals surface area contributed by atoms with Crippen molar-refractivity contribution in [1.29, 1.82) is 0 Å². The number of benzene rings is 1. The van der Waals surface area contributed by atoms with Gasteiger partial charge in [0, 0.05) is 18.8 Å². The molecular formula is C25H23N5O6. The number of carbonyl (C=O) groups is 2. The highest BCUT2D eigenvalue weighted by molar-refractivity contribution is 6.00. The number of esters is 1. The van der Waals surface area contributed by atoms with Crippen LogP contribution in [-0.2, 0) is 11.3 Å². The first-order valence-corrected chi connectivity index (χ1v) is 11.3. The van der Waals surface area contributed by atoms with Crippen molar-refractivity contribution < 1.29 is 19.2 Å². The van der Waals surface area contributed by atoms with Gasteiger partial charge in [0.05, 0.1) is 16.9 Å². The summed E-state index contributed by atoms with van der Waals surface area (Å²) < 4.78 is 8.07. The smallest absolute Gasteiger partial charge is 0.341 e. The van der Waals surface area contributed by atoms with E-state index in [4.69, 9.17) is 4.74 Å². The van der Waals surface area contributed by atoms with E-state index in [0.29, 0.717) is 5.65 Å². The number of ether oxygens (including phenoxy) is 1. The summed E-state index contributed by atoms with van der Waals surface area (Å²) in [5.41, 5.74) is -0.677. The van der Waals surface area contributed by atoms with E-state index in [1.54, 1.807) is 31.3 Å². The molecule has 0 atom stereocenters. The van der Waals surface area contributed by atoms with Gasteiger partial charge in [-0.2, -0.15) is 4.99 Å². The van der Waals surface area contributed by atoms with E-state index in [0.717, 1.165) is 0 Å². The number of hydrogen-bond acceptors (Lipinski definition) is 7. The summed E-state index contributed by atoms with van der Waals surface area (Å²) in [5, 5.41) is 11.6. The second kappa shape index (κ2) is 9.90. The molecule has 11 nitrogen and oxygen atoms in total. The number of rotatable bonds is 6. The fourth-order valence-electron chi connectivity index (χ4n) is 3.87. The third-order valence-electron chi connectivity index (χ3n) is 5.37. The van der Waals surface area contributed by atoms with Crippen LogP contribution in [-0.4, -0.2) is 37.4 Å². The van der Waals surface area contributed by atoms with Gasteiger partial charge in [-0.05, 0) is 37.1 Å². The Labute approximate surface area is 204 Å². The van der Waals surface area contributed by atoms with Gasteiger partial charge < -0.3 is 9.30 Å². The molecule has 4 aromatic rings. The van der Waals surface area contributed by atoms with Crippen molar-refractivity contribution in [3.8, 4) is 0 Å². The van der Waals surface area contributed by atoms with Crippen molar-refractivity contribution in [3.63, 3.8) is 0 Å². The molecule has 0 unspecified atom stereocenters. The minimum atomic E-state index is -0.915. The summed E-state index contributed by atoms with van der Waals surface area (Å²) in [6, 6.07) is 11.8. The van der Waals surface area contributed by atoms with Crippen LogP contribution in [0.5, 0.6) is 0 Å². The summed E-state index contributed by atoms with van der Waals surface area (Å²) in [6.07, 6.45) is 1.57. The van der Waals surface area contributed by atoms with Crippen molar-refractivity contribution in [2.24, 2.45) is 10.9 Å². The van der Waals surface area contributed by atoms with Crippen LogP contribution >= 0.6 is 0 Å². The van der Waals surface area contributed by atoms with E-state index < -0.39 is 28.0 Å². The predicted octanol–water partition coefficient (Wildman–Crippen LogP) is 3.13. The number of nitro groups is 1. The molecule has 1 amide bonds. The molecule has 0 aliphatic heterocycles. The topological polar surface area (TPSA) is 138 Å². The van der Waals surface area contributed by atoms with Crippen molar-refractivity contribution in [2.45, 2.75) is 27.3 Å². The molecule has 1 aromatic carbocycles. The Morgan fingerprint density at radius 2 is 1.86 bits per heavy atom. The lowest BCUT2D eigenvalue weighted by Crippen LogP contribution is -2.33. The number of carbonyl (C=O) groups excluding carboxylic acids is 2. The quantitative estimate of drug-likeness (QED) is 0.175. The average molecular weight is 489 g/mol. The molecule has 0 saturated carbocycles. The number of hydrogen-bond donors (Lipinski definition) is 0. The number of para-hydroxylation sites is 1. The lowest BCUT2D eigenvalue weighted by molar-refractivity contribution is -0.385. The van der Waals surface area contributed by atoms with Crippen LogP contribution in [0.4, 0.5) is 5.69 Å². The Bertz CT molecular complexity index is 1650. The van der Waals surface area contributed by atoms with Crippen LogP contribution in [0.2, 0.25) is 0 Å². The van der Waals surface area contributed by atoms with E-state index in [1.807, 2.05) is 13.8 Å².